The van der Waals surface area contributed by atoms with Crippen LogP contribution in [-0.2, 0) is 20.9 Å². The molecule has 146 valence electrons. The number of aryl methyl sites for hydroxylation is 2. The van der Waals surface area contributed by atoms with E-state index in [-0.39, 0.29) is 10.7 Å². The fourth-order valence-electron chi connectivity index (χ4n) is 3.24. The Hall–Kier alpha value is -2.77. The highest BCUT2D eigenvalue weighted by Gasteiger charge is 2.34. The number of aromatic nitrogens is 1. The fourth-order valence-corrected chi connectivity index (χ4v) is 3.52. The molecule has 1 aliphatic rings. The van der Waals surface area contributed by atoms with Gasteiger partial charge in [-0.05, 0) is 62.8 Å². The summed E-state index contributed by atoms with van der Waals surface area (Å²) >= 11 is 5.24. The van der Waals surface area contributed by atoms with Crippen molar-refractivity contribution in [2.45, 2.75) is 27.3 Å². The number of hydrogen-bond acceptors (Lipinski definition) is 4. The molecule has 0 atom stereocenters. The lowest BCUT2D eigenvalue weighted by molar-refractivity contribution is -0.122. The summed E-state index contributed by atoms with van der Waals surface area (Å²) in [5.74, 6) is -0.917. The molecule has 0 spiro atoms. The van der Waals surface area contributed by atoms with Crippen LogP contribution in [0.4, 0.5) is 5.69 Å². The third-order valence-corrected chi connectivity index (χ3v) is 5.11. The number of anilines is 1. The maximum atomic E-state index is 13.1. The van der Waals surface area contributed by atoms with Gasteiger partial charge in [0.05, 0.1) is 12.3 Å². The Balaban J connectivity index is 1.99. The Kier molecular flexibility index (Phi) is 5.76. The van der Waals surface area contributed by atoms with Crippen molar-refractivity contribution < 1.29 is 14.3 Å². The van der Waals surface area contributed by atoms with Gasteiger partial charge in [-0.15, -0.1) is 0 Å². The first-order chi connectivity index (χ1) is 13.3. The normalized spacial score (nSPS) is 16.1. The number of rotatable bonds is 5. The first-order valence-electron chi connectivity index (χ1n) is 8.97. The fraction of sp³-hybridized carbons (Fsp3) is 0.286. The van der Waals surface area contributed by atoms with Crippen molar-refractivity contribution >= 4 is 40.9 Å². The van der Waals surface area contributed by atoms with Crippen LogP contribution in [0.1, 0.15) is 22.5 Å². The lowest BCUT2D eigenvalue weighted by atomic mass is 10.1. The second kappa shape index (κ2) is 8.08. The number of carbonyl (C=O) groups excluding carboxylic acids is 2. The zero-order chi connectivity index (χ0) is 20.4. The highest BCUT2D eigenvalue weighted by Crippen LogP contribution is 2.24. The number of carbonyl (C=O) groups is 2. The predicted octanol–water partition coefficient (Wildman–Crippen LogP) is 2.89. The molecule has 2 heterocycles. The zero-order valence-electron chi connectivity index (χ0n) is 16.4. The minimum atomic E-state index is -0.486. The van der Waals surface area contributed by atoms with Crippen LogP contribution in [0.15, 0.2) is 35.9 Å². The van der Waals surface area contributed by atoms with Crippen LogP contribution in [0.3, 0.4) is 0 Å². The summed E-state index contributed by atoms with van der Waals surface area (Å²) in [6.07, 6.45) is 1.63. The van der Waals surface area contributed by atoms with Gasteiger partial charge in [0.2, 0.25) is 0 Å². The third kappa shape index (κ3) is 3.76. The first kappa shape index (κ1) is 20.0. The molecule has 1 N–H and O–H groups in total. The molecular weight excluding hydrogens is 374 g/mol. The van der Waals surface area contributed by atoms with Gasteiger partial charge in [-0.2, -0.15) is 0 Å². The first-order valence-corrected chi connectivity index (χ1v) is 9.38. The van der Waals surface area contributed by atoms with Crippen molar-refractivity contribution in [1.29, 1.82) is 0 Å². The molecule has 0 saturated carbocycles. The van der Waals surface area contributed by atoms with E-state index in [0.29, 0.717) is 18.8 Å². The van der Waals surface area contributed by atoms with Gasteiger partial charge in [0.25, 0.3) is 11.8 Å². The Morgan fingerprint density at radius 2 is 1.82 bits per heavy atom. The Labute approximate surface area is 169 Å². The van der Waals surface area contributed by atoms with Gasteiger partial charge in [0.15, 0.2) is 5.11 Å². The number of benzene rings is 1. The Morgan fingerprint density at radius 3 is 2.46 bits per heavy atom. The minimum Gasteiger partial charge on any atom is -0.383 e. The summed E-state index contributed by atoms with van der Waals surface area (Å²) < 4.78 is 7.26. The molecule has 1 aromatic carbocycles. The number of ether oxygens (including phenoxy) is 1. The summed E-state index contributed by atoms with van der Waals surface area (Å²) in [4.78, 5) is 26.9. The maximum Gasteiger partial charge on any atom is 0.270 e. The SMILES string of the molecule is COCCn1c(C)cc(C=C2C(=O)NC(=S)N(c3ccc(C)cc3)C2=O)c1C. The van der Waals surface area contributed by atoms with E-state index in [1.807, 2.05) is 51.1 Å². The molecule has 0 unspecified atom stereocenters. The van der Waals surface area contributed by atoms with Crippen LogP contribution in [0, 0.1) is 20.8 Å². The molecule has 1 saturated heterocycles. The molecule has 2 amide bonds. The molecule has 1 aromatic heterocycles. The standard InChI is InChI=1S/C21H23N3O3S/c1-13-5-7-17(8-6-13)24-20(26)18(19(25)22-21(24)28)12-16-11-14(2)23(15(16)3)9-10-27-4/h5-8,11-12H,9-10H2,1-4H3,(H,22,25,28). The van der Waals surface area contributed by atoms with Gasteiger partial charge in [0.1, 0.15) is 5.57 Å². The number of methoxy groups -OCH3 is 1. The molecule has 0 bridgehead atoms. The van der Waals surface area contributed by atoms with Gasteiger partial charge >= 0.3 is 0 Å². The van der Waals surface area contributed by atoms with Gasteiger partial charge in [-0.1, -0.05) is 17.7 Å². The van der Waals surface area contributed by atoms with Crippen LogP contribution in [-0.4, -0.2) is 35.2 Å². The quantitative estimate of drug-likeness (QED) is 0.479. The van der Waals surface area contributed by atoms with E-state index in [9.17, 15) is 9.59 Å². The van der Waals surface area contributed by atoms with Gasteiger partial charge in [-0.25, -0.2) is 0 Å². The molecule has 6 nitrogen and oxygen atoms in total. The van der Waals surface area contributed by atoms with Gasteiger partial charge in [-0.3, -0.25) is 19.8 Å². The van der Waals surface area contributed by atoms with Crippen molar-refractivity contribution in [2.75, 3.05) is 18.6 Å². The van der Waals surface area contributed by atoms with E-state index < -0.39 is 11.8 Å². The van der Waals surface area contributed by atoms with Crippen LogP contribution < -0.4 is 10.2 Å². The van der Waals surface area contributed by atoms with Crippen molar-refractivity contribution in [3.63, 3.8) is 0 Å². The van der Waals surface area contributed by atoms with Crippen LogP contribution in [0.5, 0.6) is 0 Å². The molecule has 1 aliphatic heterocycles. The maximum absolute atomic E-state index is 13.1. The Morgan fingerprint density at radius 1 is 1.14 bits per heavy atom. The number of nitrogens with zero attached hydrogens (tertiary/aromatic N) is 2. The average molecular weight is 398 g/mol. The van der Waals surface area contributed by atoms with E-state index in [4.69, 9.17) is 17.0 Å². The number of nitrogens with one attached hydrogen (secondary N) is 1. The molecule has 0 aliphatic carbocycles. The average Bonchev–Trinajstić information content (AvgIpc) is 2.91. The number of thiocarbonyl (C=S) groups is 1. The molecule has 28 heavy (non-hydrogen) atoms. The summed E-state index contributed by atoms with van der Waals surface area (Å²) in [6, 6.07) is 9.38. The van der Waals surface area contributed by atoms with E-state index >= 15 is 0 Å². The summed E-state index contributed by atoms with van der Waals surface area (Å²) in [5, 5.41) is 2.71. The van der Waals surface area contributed by atoms with Crippen LogP contribution >= 0.6 is 12.2 Å². The highest BCUT2D eigenvalue weighted by molar-refractivity contribution is 7.80. The number of hydrogen-bond donors (Lipinski definition) is 1. The highest BCUT2D eigenvalue weighted by atomic mass is 32.1. The van der Waals surface area contributed by atoms with Crippen molar-refractivity contribution in [3.8, 4) is 0 Å². The lowest BCUT2D eigenvalue weighted by Crippen LogP contribution is -2.54. The monoisotopic (exact) mass is 397 g/mol. The molecule has 7 heteroatoms. The van der Waals surface area contributed by atoms with Crippen LogP contribution in [0.25, 0.3) is 6.08 Å². The molecule has 3 rings (SSSR count). The summed E-state index contributed by atoms with van der Waals surface area (Å²) in [6.45, 7) is 7.20. The van der Waals surface area contributed by atoms with E-state index in [2.05, 4.69) is 9.88 Å². The molecule has 1 fully saturated rings. The Bertz CT molecular complexity index is 974. The van der Waals surface area contributed by atoms with E-state index in [1.165, 1.54) is 4.90 Å². The van der Waals surface area contributed by atoms with Crippen molar-refractivity contribution in [2.24, 2.45) is 0 Å². The van der Waals surface area contributed by atoms with Crippen LogP contribution in [0.2, 0.25) is 0 Å². The lowest BCUT2D eigenvalue weighted by Gasteiger charge is -2.29. The summed E-state index contributed by atoms with van der Waals surface area (Å²) in [5.41, 5.74) is 4.58. The topological polar surface area (TPSA) is 63.6 Å². The van der Waals surface area contributed by atoms with Gasteiger partial charge < -0.3 is 9.30 Å². The number of amides is 2. The zero-order valence-corrected chi connectivity index (χ0v) is 17.2. The molecule has 2 aromatic rings. The third-order valence-electron chi connectivity index (χ3n) is 4.83. The largest absolute Gasteiger partial charge is 0.383 e. The van der Waals surface area contributed by atoms with Crippen molar-refractivity contribution in [3.05, 3.63) is 58.4 Å². The minimum absolute atomic E-state index is 0.0566. The second-order valence-electron chi connectivity index (χ2n) is 6.76. The van der Waals surface area contributed by atoms with Gasteiger partial charge in [0, 0.05) is 25.0 Å². The second-order valence-corrected chi connectivity index (χ2v) is 7.15. The predicted molar refractivity (Wildman–Crippen MR) is 113 cm³/mol. The molecular formula is C21H23N3O3S. The van der Waals surface area contributed by atoms with E-state index in [1.54, 1.807) is 13.2 Å². The smallest absolute Gasteiger partial charge is 0.270 e. The van der Waals surface area contributed by atoms with Crippen molar-refractivity contribution in [1.82, 2.24) is 9.88 Å². The van der Waals surface area contributed by atoms with E-state index in [0.717, 1.165) is 22.5 Å². The summed E-state index contributed by atoms with van der Waals surface area (Å²) in [7, 11) is 1.66. The molecule has 0 radical (unpaired) electrons.